The van der Waals surface area contributed by atoms with Crippen LogP contribution in [0.3, 0.4) is 0 Å². The lowest BCUT2D eigenvalue weighted by molar-refractivity contribution is -0.111. The average molecular weight is 491 g/mol. The van der Waals surface area contributed by atoms with Gasteiger partial charge < -0.3 is 14.2 Å². The van der Waals surface area contributed by atoms with Gasteiger partial charge in [0.2, 0.25) is 5.91 Å². The van der Waals surface area contributed by atoms with E-state index >= 15 is 0 Å². The molecule has 0 bridgehead atoms. The Morgan fingerprint density at radius 2 is 2.00 bits per heavy atom. The van der Waals surface area contributed by atoms with Crippen LogP contribution in [0, 0.1) is 0 Å². The molecule has 7 nitrogen and oxygen atoms in total. The summed E-state index contributed by atoms with van der Waals surface area (Å²) in [4.78, 5) is 28.6. The molecule has 2 aromatic carbocycles. The van der Waals surface area contributed by atoms with Gasteiger partial charge in [-0.1, -0.05) is 11.3 Å². The van der Waals surface area contributed by atoms with Crippen LogP contribution in [0.5, 0.6) is 11.5 Å². The van der Waals surface area contributed by atoms with Crippen LogP contribution >= 0.6 is 27.3 Å². The Hall–Kier alpha value is -2.91. The molecule has 0 aliphatic rings. The molecule has 0 aliphatic carbocycles. The Bertz CT molecular complexity index is 1130. The summed E-state index contributed by atoms with van der Waals surface area (Å²) in [5, 5.41) is 3.18. The highest BCUT2D eigenvalue weighted by molar-refractivity contribution is 9.10. The zero-order chi connectivity index (χ0) is 21.7. The van der Waals surface area contributed by atoms with E-state index in [0.717, 1.165) is 10.3 Å². The predicted octanol–water partition coefficient (Wildman–Crippen LogP) is 4.90. The van der Waals surface area contributed by atoms with Crippen molar-refractivity contribution in [3.05, 3.63) is 52.0 Å². The van der Waals surface area contributed by atoms with Crippen LogP contribution in [-0.4, -0.2) is 37.7 Å². The Labute approximate surface area is 185 Å². The fourth-order valence-corrected chi connectivity index (χ4v) is 4.20. The second-order valence-corrected chi connectivity index (χ2v) is 7.87. The molecule has 0 fully saturated rings. The molecule has 0 atom stereocenters. The minimum Gasteiger partial charge on any atom is -0.493 e. The molecular weight excluding hydrogens is 472 g/mol. The van der Waals surface area contributed by atoms with Gasteiger partial charge in [-0.05, 0) is 64.8 Å². The number of thiazole rings is 1. The van der Waals surface area contributed by atoms with Crippen molar-refractivity contribution in [1.82, 2.24) is 4.98 Å². The molecule has 0 aliphatic heterocycles. The normalized spacial score (nSPS) is 10.9. The number of esters is 1. The SMILES string of the molecule is CCOC(=O)c1ccc2nc(NC(=O)/C=C/c3cc(Br)c(OC)c(OC)c3)sc2c1. The third kappa shape index (κ3) is 4.98. The highest BCUT2D eigenvalue weighted by Gasteiger charge is 2.12. The Morgan fingerprint density at radius 3 is 2.70 bits per heavy atom. The first-order chi connectivity index (χ1) is 14.4. The number of nitrogens with zero attached hydrogens (tertiary/aromatic N) is 1. The van der Waals surface area contributed by atoms with Crippen molar-refractivity contribution >= 4 is 60.6 Å². The topological polar surface area (TPSA) is 86.8 Å². The van der Waals surface area contributed by atoms with E-state index in [1.54, 1.807) is 51.5 Å². The molecular formula is C21H19BrN2O5S. The molecule has 30 heavy (non-hydrogen) atoms. The van der Waals surface area contributed by atoms with E-state index in [-0.39, 0.29) is 11.9 Å². The number of hydrogen-bond donors (Lipinski definition) is 1. The molecule has 1 heterocycles. The lowest BCUT2D eigenvalue weighted by Gasteiger charge is -2.10. The predicted molar refractivity (Wildman–Crippen MR) is 120 cm³/mol. The Kier molecular flexibility index (Phi) is 7.07. The molecule has 0 saturated heterocycles. The zero-order valence-corrected chi connectivity index (χ0v) is 18.9. The standard InChI is InChI=1S/C21H19BrN2O5S/c1-4-29-20(26)13-6-7-15-17(11-13)30-21(23-15)24-18(25)8-5-12-9-14(22)19(28-3)16(10-12)27-2/h5-11H,4H2,1-3H3,(H,23,24,25)/b8-5+. The van der Waals surface area contributed by atoms with Crippen molar-refractivity contribution in [2.24, 2.45) is 0 Å². The number of halogens is 1. The summed E-state index contributed by atoms with van der Waals surface area (Å²) in [6.07, 6.45) is 3.07. The number of methoxy groups -OCH3 is 2. The number of carbonyl (C=O) groups excluding carboxylic acids is 2. The number of anilines is 1. The summed E-state index contributed by atoms with van der Waals surface area (Å²) in [5.74, 6) is 0.416. The third-order valence-corrected chi connectivity index (χ3v) is 5.54. The van der Waals surface area contributed by atoms with Crippen molar-refractivity contribution in [3.63, 3.8) is 0 Å². The van der Waals surface area contributed by atoms with E-state index in [1.165, 1.54) is 17.4 Å². The fourth-order valence-electron chi connectivity index (χ4n) is 2.67. The van der Waals surface area contributed by atoms with Crippen molar-refractivity contribution < 1.29 is 23.8 Å². The average Bonchev–Trinajstić information content (AvgIpc) is 3.13. The molecule has 3 rings (SSSR count). The second-order valence-electron chi connectivity index (χ2n) is 5.98. The number of fused-ring (bicyclic) bond motifs is 1. The number of aromatic nitrogens is 1. The minimum atomic E-state index is -0.387. The first kappa shape index (κ1) is 21.8. The molecule has 156 valence electrons. The van der Waals surface area contributed by atoms with Gasteiger partial charge in [0, 0.05) is 6.08 Å². The van der Waals surface area contributed by atoms with Crippen LogP contribution in [0.25, 0.3) is 16.3 Å². The lowest BCUT2D eigenvalue weighted by Crippen LogP contribution is -2.07. The van der Waals surface area contributed by atoms with E-state index in [4.69, 9.17) is 14.2 Å². The van der Waals surface area contributed by atoms with Crippen LogP contribution in [0.1, 0.15) is 22.8 Å². The van der Waals surface area contributed by atoms with Crippen LogP contribution in [0.4, 0.5) is 5.13 Å². The summed E-state index contributed by atoms with van der Waals surface area (Å²) in [7, 11) is 3.10. The second kappa shape index (κ2) is 9.73. The van der Waals surface area contributed by atoms with Gasteiger partial charge >= 0.3 is 5.97 Å². The first-order valence-corrected chi connectivity index (χ1v) is 10.5. The van der Waals surface area contributed by atoms with E-state index in [0.29, 0.717) is 38.8 Å². The van der Waals surface area contributed by atoms with E-state index in [1.807, 2.05) is 6.07 Å². The number of hydrogen-bond acceptors (Lipinski definition) is 7. The lowest BCUT2D eigenvalue weighted by atomic mass is 10.2. The first-order valence-electron chi connectivity index (χ1n) is 8.93. The maximum absolute atomic E-state index is 12.3. The minimum absolute atomic E-state index is 0.309. The van der Waals surface area contributed by atoms with Crippen molar-refractivity contribution in [3.8, 4) is 11.5 Å². The van der Waals surface area contributed by atoms with Crippen LogP contribution < -0.4 is 14.8 Å². The highest BCUT2D eigenvalue weighted by atomic mass is 79.9. The van der Waals surface area contributed by atoms with Gasteiger partial charge in [-0.25, -0.2) is 9.78 Å². The molecule has 1 aromatic heterocycles. The largest absolute Gasteiger partial charge is 0.493 e. The maximum Gasteiger partial charge on any atom is 0.338 e. The summed E-state index contributed by atoms with van der Waals surface area (Å²) in [6, 6.07) is 8.67. The summed E-state index contributed by atoms with van der Waals surface area (Å²) < 4.78 is 17.1. The molecule has 9 heteroatoms. The van der Waals surface area contributed by atoms with E-state index < -0.39 is 0 Å². The number of rotatable bonds is 7. The van der Waals surface area contributed by atoms with Gasteiger partial charge in [-0.15, -0.1) is 0 Å². The molecule has 0 saturated carbocycles. The Morgan fingerprint density at radius 1 is 1.20 bits per heavy atom. The monoisotopic (exact) mass is 490 g/mol. The number of carbonyl (C=O) groups is 2. The Balaban J connectivity index is 1.73. The van der Waals surface area contributed by atoms with Gasteiger partial charge in [0.1, 0.15) is 0 Å². The summed E-state index contributed by atoms with van der Waals surface area (Å²) in [5.41, 5.74) is 1.90. The molecule has 1 amide bonds. The van der Waals surface area contributed by atoms with Crippen molar-refractivity contribution in [2.75, 3.05) is 26.1 Å². The summed E-state index contributed by atoms with van der Waals surface area (Å²) in [6.45, 7) is 2.06. The number of benzene rings is 2. The molecule has 1 N–H and O–H groups in total. The fraction of sp³-hybridized carbons (Fsp3) is 0.190. The van der Waals surface area contributed by atoms with E-state index in [2.05, 4.69) is 26.2 Å². The summed E-state index contributed by atoms with van der Waals surface area (Å²) >= 11 is 4.71. The van der Waals surface area contributed by atoms with Crippen molar-refractivity contribution in [2.45, 2.75) is 6.92 Å². The molecule has 3 aromatic rings. The van der Waals surface area contributed by atoms with Crippen molar-refractivity contribution in [1.29, 1.82) is 0 Å². The van der Waals surface area contributed by atoms with Crippen LogP contribution in [-0.2, 0) is 9.53 Å². The number of ether oxygens (including phenoxy) is 3. The number of nitrogens with one attached hydrogen (secondary N) is 1. The van der Waals surface area contributed by atoms with E-state index in [9.17, 15) is 9.59 Å². The van der Waals surface area contributed by atoms with Gasteiger partial charge in [0.15, 0.2) is 16.6 Å². The zero-order valence-electron chi connectivity index (χ0n) is 16.5. The van der Waals surface area contributed by atoms with Gasteiger partial charge in [-0.3, -0.25) is 10.1 Å². The quantitative estimate of drug-likeness (QED) is 0.374. The van der Waals surface area contributed by atoms with Crippen LogP contribution in [0.15, 0.2) is 40.9 Å². The van der Waals surface area contributed by atoms with Gasteiger partial charge in [0.25, 0.3) is 0 Å². The smallest absolute Gasteiger partial charge is 0.338 e. The van der Waals surface area contributed by atoms with Gasteiger partial charge in [-0.2, -0.15) is 0 Å². The van der Waals surface area contributed by atoms with Gasteiger partial charge in [0.05, 0.1) is 41.1 Å². The molecule has 0 unspecified atom stereocenters. The highest BCUT2D eigenvalue weighted by Crippen LogP contribution is 2.36. The number of amides is 1. The molecule has 0 spiro atoms. The maximum atomic E-state index is 12.3. The third-order valence-electron chi connectivity index (χ3n) is 4.01. The molecule has 0 radical (unpaired) electrons. The van der Waals surface area contributed by atoms with Crippen LogP contribution in [0.2, 0.25) is 0 Å².